The van der Waals surface area contributed by atoms with Gasteiger partial charge in [-0.2, -0.15) is 8.78 Å². The van der Waals surface area contributed by atoms with Crippen LogP contribution in [0.4, 0.5) is 26.3 Å². The molecule has 2 N–H and O–H groups in total. The monoisotopic (exact) mass is 289 g/mol. The molecular formula is C10H9F6NO2. The van der Waals surface area contributed by atoms with Gasteiger partial charge in [0.15, 0.2) is 0 Å². The van der Waals surface area contributed by atoms with Crippen LogP contribution in [0.1, 0.15) is 5.56 Å². The lowest BCUT2D eigenvalue weighted by Gasteiger charge is -2.22. The Balaban J connectivity index is 2.71. The van der Waals surface area contributed by atoms with Gasteiger partial charge in [0.2, 0.25) is 0 Å². The molecule has 0 aliphatic heterocycles. The van der Waals surface area contributed by atoms with Crippen LogP contribution in [0, 0.1) is 0 Å². The highest BCUT2D eigenvalue weighted by Crippen LogP contribution is 2.31. The van der Waals surface area contributed by atoms with Gasteiger partial charge in [0, 0.05) is 6.54 Å². The molecule has 0 radical (unpaired) electrons. The minimum absolute atomic E-state index is 0.138. The van der Waals surface area contributed by atoms with E-state index in [1.165, 1.54) is 12.1 Å². The van der Waals surface area contributed by atoms with Crippen LogP contribution in [0.5, 0.6) is 5.75 Å². The molecule has 19 heavy (non-hydrogen) atoms. The summed E-state index contributed by atoms with van der Waals surface area (Å²) in [7, 11) is 0. The second-order valence-electron chi connectivity index (χ2n) is 3.39. The first kappa shape index (κ1) is 15.6. The molecule has 9 heteroatoms. The van der Waals surface area contributed by atoms with Gasteiger partial charge in [-0.1, -0.05) is 12.1 Å². The molecule has 0 aromatic heterocycles. The normalized spacial score (nSPS) is 14.3. The lowest BCUT2D eigenvalue weighted by atomic mass is 10.2. The molecule has 0 aliphatic carbocycles. The third-order valence-electron chi connectivity index (χ3n) is 1.91. The summed E-state index contributed by atoms with van der Waals surface area (Å²) in [6, 6.07) is 4.67. The number of rotatable bonds is 5. The zero-order chi connectivity index (χ0) is 14.7. The number of hydrogen-bond donors (Lipinski definition) is 1. The summed E-state index contributed by atoms with van der Waals surface area (Å²) in [5.41, 5.74) is 5.83. The van der Waals surface area contributed by atoms with E-state index < -0.39 is 24.6 Å². The lowest BCUT2D eigenvalue weighted by molar-refractivity contribution is -0.411. The van der Waals surface area contributed by atoms with Gasteiger partial charge in [-0.3, -0.25) is 0 Å². The zero-order valence-corrected chi connectivity index (χ0v) is 9.26. The minimum Gasteiger partial charge on any atom is -0.429 e. The second kappa shape index (κ2) is 5.66. The molecular weight excluding hydrogens is 280 g/mol. The first-order valence-electron chi connectivity index (χ1n) is 4.88. The van der Waals surface area contributed by atoms with E-state index in [1.807, 2.05) is 0 Å². The summed E-state index contributed by atoms with van der Waals surface area (Å²) in [6.07, 6.45) is -14.3. The van der Waals surface area contributed by atoms with Gasteiger partial charge in [-0.15, -0.1) is 13.2 Å². The molecule has 0 saturated heterocycles. The van der Waals surface area contributed by atoms with Crippen molar-refractivity contribution in [2.75, 3.05) is 0 Å². The van der Waals surface area contributed by atoms with Crippen LogP contribution in [0.2, 0.25) is 0 Å². The molecule has 3 nitrogen and oxygen atoms in total. The maximum absolute atomic E-state index is 13.0. The number of hydrogen-bond acceptors (Lipinski definition) is 3. The topological polar surface area (TPSA) is 44.5 Å². The van der Waals surface area contributed by atoms with Crippen molar-refractivity contribution in [2.24, 2.45) is 5.73 Å². The number of nitrogens with two attached hydrogens (primary N) is 1. The van der Waals surface area contributed by atoms with Gasteiger partial charge >= 0.3 is 18.8 Å². The van der Waals surface area contributed by atoms with Crippen molar-refractivity contribution in [1.29, 1.82) is 0 Å². The van der Waals surface area contributed by atoms with Crippen molar-refractivity contribution in [3.05, 3.63) is 29.8 Å². The zero-order valence-electron chi connectivity index (χ0n) is 9.26. The molecule has 0 spiro atoms. The Morgan fingerprint density at radius 1 is 1.05 bits per heavy atom. The molecule has 1 aromatic carbocycles. The summed E-state index contributed by atoms with van der Waals surface area (Å²) in [5, 5.41) is 0. The van der Waals surface area contributed by atoms with Crippen molar-refractivity contribution in [1.82, 2.24) is 0 Å². The fourth-order valence-electron chi connectivity index (χ4n) is 1.08. The Morgan fingerprint density at radius 3 is 2.00 bits per heavy atom. The molecule has 0 saturated carbocycles. The maximum Gasteiger partial charge on any atom is 0.525 e. The van der Waals surface area contributed by atoms with E-state index in [9.17, 15) is 26.3 Å². The molecule has 1 atom stereocenters. The Hall–Kier alpha value is -1.48. The minimum atomic E-state index is -5.53. The standard InChI is InChI=1S/C10H9F6NO2/c11-8(19-10(14,15)16)9(12,13)18-7-3-1-6(5-17)2-4-7/h1-4,8H,5,17H2/t8-/m0/s1. The third kappa shape index (κ3) is 4.95. The molecule has 0 aliphatic rings. The van der Waals surface area contributed by atoms with Gasteiger partial charge in [-0.05, 0) is 17.7 Å². The SMILES string of the molecule is NCc1ccc(OC(F)(F)[C@@H](F)OC(F)(F)F)cc1. The van der Waals surface area contributed by atoms with Crippen LogP contribution in [0.3, 0.4) is 0 Å². The average Bonchev–Trinajstić information content (AvgIpc) is 2.27. The van der Waals surface area contributed by atoms with Crippen LogP contribution >= 0.6 is 0 Å². The number of halogens is 6. The van der Waals surface area contributed by atoms with Crippen molar-refractivity contribution in [3.8, 4) is 5.75 Å². The van der Waals surface area contributed by atoms with Crippen LogP contribution in [0.25, 0.3) is 0 Å². The van der Waals surface area contributed by atoms with Gasteiger partial charge in [-0.25, -0.2) is 9.13 Å². The molecule has 0 amide bonds. The molecule has 108 valence electrons. The summed E-state index contributed by atoms with van der Waals surface area (Å²) < 4.78 is 79.8. The summed E-state index contributed by atoms with van der Waals surface area (Å²) in [4.78, 5) is 0. The highest BCUT2D eigenvalue weighted by molar-refractivity contribution is 5.27. The van der Waals surface area contributed by atoms with Gasteiger partial charge < -0.3 is 10.5 Å². The largest absolute Gasteiger partial charge is 0.525 e. The Bertz CT molecular complexity index is 405. The predicted molar refractivity (Wildman–Crippen MR) is 51.9 cm³/mol. The quantitative estimate of drug-likeness (QED) is 0.848. The lowest BCUT2D eigenvalue weighted by Crippen LogP contribution is -2.41. The van der Waals surface area contributed by atoms with Crippen molar-refractivity contribution in [2.45, 2.75) is 25.4 Å². The van der Waals surface area contributed by atoms with E-state index in [4.69, 9.17) is 5.73 Å². The number of benzene rings is 1. The molecule has 0 bridgehead atoms. The molecule has 1 rings (SSSR count). The first-order chi connectivity index (χ1) is 8.64. The van der Waals surface area contributed by atoms with E-state index in [-0.39, 0.29) is 6.54 Å². The highest BCUT2D eigenvalue weighted by atomic mass is 19.4. The second-order valence-corrected chi connectivity index (χ2v) is 3.39. The fraction of sp³-hybridized carbons (Fsp3) is 0.400. The van der Waals surface area contributed by atoms with Crippen molar-refractivity contribution >= 4 is 0 Å². The van der Waals surface area contributed by atoms with Crippen molar-refractivity contribution in [3.63, 3.8) is 0 Å². The number of ether oxygens (including phenoxy) is 2. The fourth-order valence-corrected chi connectivity index (χ4v) is 1.08. The molecule has 0 unspecified atom stereocenters. The van der Waals surface area contributed by atoms with Gasteiger partial charge in [0.05, 0.1) is 0 Å². The molecule has 0 heterocycles. The average molecular weight is 289 g/mol. The van der Waals surface area contributed by atoms with Crippen LogP contribution in [0.15, 0.2) is 24.3 Å². The maximum atomic E-state index is 13.0. The predicted octanol–water partition coefficient (Wildman–Crippen LogP) is 2.95. The van der Waals surface area contributed by atoms with Gasteiger partial charge in [0.1, 0.15) is 5.75 Å². The van der Waals surface area contributed by atoms with E-state index in [0.717, 1.165) is 12.1 Å². The van der Waals surface area contributed by atoms with Crippen LogP contribution in [-0.4, -0.2) is 18.8 Å². The van der Waals surface area contributed by atoms with Gasteiger partial charge in [0.25, 0.3) is 0 Å². The highest BCUT2D eigenvalue weighted by Gasteiger charge is 2.50. The number of alkyl halides is 6. The first-order valence-corrected chi connectivity index (χ1v) is 4.88. The van der Waals surface area contributed by atoms with Crippen LogP contribution < -0.4 is 10.5 Å². The molecule has 0 fully saturated rings. The van der Waals surface area contributed by atoms with E-state index in [1.54, 1.807) is 0 Å². The molecule has 1 aromatic rings. The van der Waals surface area contributed by atoms with Crippen molar-refractivity contribution < 1.29 is 35.8 Å². The smallest absolute Gasteiger partial charge is 0.429 e. The third-order valence-corrected chi connectivity index (χ3v) is 1.91. The van der Waals surface area contributed by atoms with E-state index in [0.29, 0.717) is 5.56 Å². The Kier molecular flexibility index (Phi) is 4.64. The summed E-state index contributed by atoms with van der Waals surface area (Å²) in [5.74, 6) is -0.518. The Morgan fingerprint density at radius 2 is 1.58 bits per heavy atom. The Labute approximate surface area is 103 Å². The van der Waals surface area contributed by atoms with E-state index in [2.05, 4.69) is 9.47 Å². The van der Waals surface area contributed by atoms with Crippen LogP contribution in [-0.2, 0) is 11.3 Å². The summed E-state index contributed by atoms with van der Waals surface area (Å²) in [6.45, 7) is 0.138. The van der Waals surface area contributed by atoms with E-state index >= 15 is 0 Å². The summed E-state index contributed by atoms with van der Waals surface area (Å²) >= 11 is 0.